The van der Waals surface area contributed by atoms with Crippen molar-refractivity contribution in [2.45, 2.75) is 65.1 Å². The molecular formula is C25H32F5N. The highest BCUT2D eigenvalue weighted by Crippen LogP contribution is 2.44. The fourth-order valence-electron chi connectivity index (χ4n) is 3.97. The maximum Gasteiger partial charge on any atom is 0.475 e. The summed E-state index contributed by atoms with van der Waals surface area (Å²) < 4.78 is 69.7. The second-order valence-corrected chi connectivity index (χ2v) is 8.28. The first-order chi connectivity index (χ1) is 14.6. The van der Waals surface area contributed by atoms with Gasteiger partial charge in [-0.25, -0.2) is 0 Å². The lowest BCUT2D eigenvalue weighted by Crippen LogP contribution is -2.54. The molecule has 2 aromatic rings. The Bertz CT molecular complexity index is 788. The molecule has 2 unspecified atom stereocenters. The van der Waals surface area contributed by atoms with Crippen LogP contribution in [0.3, 0.4) is 0 Å². The van der Waals surface area contributed by atoms with Crippen molar-refractivity contribution in [2.75, 3.05) is 11.4 Å². The van der Waals surface area contributed by atoms with Gasteiger partial charge >= 0.3 is 12.2 Å². The Kier molecular flexibility index (Phi) is 8.90. The summed E-state index contributed by atoms with van der Waals surface area (Å²) in [6, 6.07) is 9.78. The van der Waals surface area contributed by atoms with Crippen molar-refractivity contribution in [3.8, 4) is 11.1 Å². The Balaban J connectivity index is 2.38. The first-order valence-corrected chi connectivity index (χ1v) is 11.0. The van der Waals surface area contributed by atoms with Gasteiger partial charge in [-0.15, -0.1) is 0 Å². The maximum atomic E-state index is 14.7. The molecule has 0 radical (unpaired) electrons. The lowest BCUT2D eigenvalue weighted by Gasteiger charge is -2.37. The minimum Gasteiger partial charge on any atom is -0.305 e. The molecule has 6 heteroatoms. The van der Waals surface area contributed by atoms with Crippen LogP contribution < -0.4 is 4.90 Å². The molecule has 0 heterocycles. The normalized spacial score (nSPS) is 14.3. The molecule has 0 saturated heterocycles. The summed E-state index contributed by atoms with van der Waals surface area (Å²) in [7, 11) is 0. The van der Waals surface area contributed by atoms with Gasteiger partial charge in [0.15, 0.2) is 0 Å². The van der Waals surface area contributed by atoms with Gasteiger partial charge in [0.25, 0.3) is 0 Å². The van der Waals surface area contributed by atoms with E-state index in [1.807, 2.05) is 0 Å². The third-order valence-corrected chi connectivity index (χ3v) is 5.80. The van der Waals surface area contributed by atoms with Gasteiger partial charge in [0.1, 0.15) is 0 Å². The van der Waals surface area contributed by atoms with E-state index in [1.54, 1.807) is 49.4 Å². The van der Waals surface area contributed by atoms with Gasteiger partial charge in [-0.1, -0.05) is 95.0 Å². The minimum atomic E-state index is -5.68. The summed E-state index contributed by atoms with van der Waals surface area (Å²) in [6.07, 6.45) is -1.17. The van der Waals surface area contributed by atoms with E-state index in [-0.39, 0.29) is 23.0 Å². The first-order valence-electron chi connectivity index (χ1n) is 11.0. The summed E-state index contributed by atoms with van der Waals surface area (Å²) in [5, 5.41) is 0. The molecule has 0 aliphatic rings. The van der Waals surface area contributed by atoms with E-state index < -0.39 is 12.2 Å². The summed E-state index contributed by atoms with van der Waals surface area (Å²) in [4.78, 5) is 0.251. The summed E-state index contributed by atoms with van der Waals surface area (Å²) in [5.41, 5.74) is 0.850. The molecule has 31 heavy (non-hydrogen) atoms. The molecule has 0 fully saturated rings. The lowest BCUT2D eigenvalue weighted by molar-refractivity contribution is -0.281. The fourth-order valence-corrected chi connectivity index (χ4v) is 3.97. The fraction of sp³-hybridized carbons (Fsp3) is 0.520. The molecule has 0 spiro atoms. The molecule has 2 atom stereocenters. The first kappa shape index (κ1) is 25.2. The van der Waals surface area contributed by atoms with Crippen LogP contribution in [0.4, 0.5) is 27.6 Å². The molecule has 0 amide bonds. The lowest BCUT2D eigenvalue weighted by atomic mass is 9.91. The van der Waals surface area contributed by atoms with Crippen LogP contribution >= 0.6 is 0 Å². The Morgan fingerprint density at radius 2 is 1.42 bits per heavy atom. The average molecular weight is 442 g/mol. The highest BCUT2D eigenvalue weighted by Gasteiger charge is 2.62. The monoisotopic (exact) mass is 441 g/mol. The van der Waals surface area contributed by atoms with Crippen LogP contribution in [0.1, 0.15) is 52.9 Å². The predicted octanol–water partition coefficient (Wildman–Crippen LogP) is 8.56. The highest BCUT2D eigenvalue weighted by atomic mass is 19.4. The largest absolute Gasteiger partial charge is 0.475 e. The van der Waals surface area contributed by atoms with E-state index in [9.17, 15) is 22.0 Å². The van der Waals surface area contributed by atoms with E-state index in [2.05, 4.69) is 13.8 Å². The van der Waals surface area contributed by atoms with Gasteiger partial charge in [0, 0.05) is 17.8 Å². The number of nitrogens with zero attached hydrogens (tertiary/aromatic N) is 1. The molecule has 0 aliphatic carbocycles. The Labute approximate surface area is 182 Å². The number of anilines is 1. The quantitative estimate of drug-likeness (QED) is 0.249. The van der Waals surface area contributed by atoms with Crippen molar-refractivity contribution >= 4 is 5.69 Å². The zero-order chi connectivity index (χ0) is 23.1. The zero-order valence-electron chi connectivity index (χ0n) is 18.4. The van der Waals surface area contributed by atoms with Crippen molar-refractivity contribution < 1.29 is 22.0 Å². The second-order valence-electron chi connectivity index (χ2n) is 8.28. The van der Waals surface area contributed by atoms with Crippen molar-refractivity contribution in [3.63, 3.8) is 0 Å². The van der Waals surface area contributed by atoms with Crippen LogP contribution in [-0.2, 0) is 0 Å². The molecule has 172 valence electrons. The number of alkyl halides is 5. The topological polar surface area (TPSA) is 3.24 Å². The summed E-state index contributed by atoms with van der Waals surface area (Å²) >= 11 is 0. The molecule has 1 nitrogen and oxygen atoms in total. The van der Waals surface area contributed by atoms with E-state index in [1.165, 1.54) is 12.1 Å². The van der Waals surface area contributed by atoms with Crippen LogP contribution in [0.25, 0.3) is 11.1 Å². The standard InChI is InChI=1S/C25H32F5N/c1-4-11-20(5-2)17-16-19(3)18-31(25(29,30)24(26,27)28)23-15-10-9-14-22(23)21-12-7-6-8-13-21/h6-10,12-15,19-20H,4-5,11,16-18H2,1-3H3. The second kappa shape index (κ2) is 11.0. The van der Waals surface area contributed by atoms with E-state index in [4.69, 9.17) is 0 Å². The van der Waals surface area contributed by atoms with Gasteiger partial charge in [-0.2, -0.15) is 22.0 Å². The number of hydrogen-bond acceptors (Lipinski definition) is 1. The van der Waals surface area contributed by atoms with Crippen LogP contribution in [0.15, 0.2) is 54.6 Å². The van der Waals surface area contributed by atoms with Gasteiger partial charge in [0.05, 0.1) is 0 Å². The smallest absolute Gasteiger partial charge is 0.305 e. The number of hydrogen-bond donors (Lipinski definition) is 0. The SMILES string of the molecule is CCCC(CC)CCC(C)CN(c1ccccc1-c1ccccc1)C(F)(F)C(F)(F)F. The molecule has 0 aliphatic heterocycles. The Morgan fingerprint density at radius 1 is 0.806 bits per heavy atom. The molecular weight excluding hydrogens is 409 g/mol. The average Bonchev–Trinajstić information content (AvgIpc) is 2.74. The van der Waals surface area contributed by atoms with Crippen molar-refractivity contribution in [1.29, 1.82) is 0 Å². The van der Waals surface area contributed by atoms with E-state index in [0.29, 0.717) is 23.5 Å². The molecule has 2 rings (SSSR count). The van der Waals surface area contributed by atoms with Crippen LogP contribution in [-0.4, -0.2) is 18.8 Å². The van der Waals surface area contributed by atoms with Gasteiger partial charge in [-0.3, -0.25) is 0 Å². The molecule has 0 aromatic heterocycles. The summed E-state index contributed by atoms with van der Waals surface area (Å²) in [6.45, 7) is 5.56. The molecule has 2 aromatic carbocycles. The van der Waals surface area contributed by atoms with Gasteiger partial charge in [-0.05, 0) is 29.9 Å². The van der Waals surface area contributed by atoms with Crippen molar-refractivity contribution in [2.24, 2.45) is 11.8 Å². The van der Waals surface area contributed by atoms with Crippen molar-refractivity contribution in [3.05, 3.63) is 54.6 Å². The Morgan fingerprint density at radius 3 is 2.00 bits per heavy atom. The zero-order valence-corrected chi connectivity index (χ0v) is 18.4. The number of para-hydroxylation sites is 1. The molecule has 0 saturated carbocycles. The minimum absolute atomic E-state index is 0.108. The van der Waals surface area contributed by atoms with Crippen LogP contribution in [0.2, 0.25) is 0 Å². The summed E-state index contributed by atoms with van der Waals surface area (Å²) in [5.74, 6) is 0.156. The van der Waals surface area contributed by atoms with E-state index in [0.717, 1.165) is 25.7 Å². The van der Waals surface area contributed by atoms with Gasteiger partial charge < -0.3 is 4.90 Å². The highest BCUT2D eigenvalue weighted by molar-refractivity contribution is 5.79. The number of rotatable bonds is 11. The number of benzene rings is 2. The molecule has 0 N–H and O–H groups in total. The number of halogens is 5. The van der Waals surface area contributed by atoms with Crippen LogP contribution in [0.5, 0.6) is 0 Å². The van der Waals surface area contributed by atoms with Gasteiger partial charge in [0.2, 0.25) is 0 Å². The third-order valence-electron chi connectivity index (χ3n) is 5.80. The third kappa shape index (κ3) is 6.44. The van der Waals surface area contributed by atoms with E-state index >= 15 is 0 Å². The Hall–Kier alpha value is -2.11. The van der Waals surface area contributed by atoms with Crippen molar-refractivity contribution in [1.82, 2.24) is 0 Å². The van der Waals surface area contributed by atoms with Crippen LogP contribution in [0, 0.1) is 11.8 Å². The predicted molar refractivity (Wildman–Crippen MR) is 117 cm³/mol. The maximum absolute atomic E-state index is 14.7. The molecule has 0 bridgehead atoms.